The Labute approximate surface area is 307 Å². The quantitative estimate of drug-likeness (QED) is 0.132. The fourth-order valence-electron chi connectivity index (χ4n) is 6.51. The van der Waals surface area contributed by atoms with Crippen molar-refractivity contribution >= 4 is 44.8 Å². The number of carbonyl (C=O) groups excluding carboxylic acids is 2. The summed E-state index contributed by atoms with van der Waals surface area (Å²) in [6.07, 6.45) is 6.01. The van der Waals surface area contributed by atoms with Crippen molar-refractivity contribution in [1.29, 1.82) is 0 Å². The van der Waals surface area contributed by atoms with Crippen LogP contribution in [0.5, 0.6) is 0 Å². The second-order valence-corrected chi connectivity index (χ2v) is 16.1. The number of hydrogen-bond acceptors (Lipinski definition) is 5. The summed E-state index contributed by atoms with van der Waals surface area (Å²) in [5, 5.41) is 6.26. The van der Waals surface area contributed by atoms with Crippen LogP contribution < -0.4 is 16.8 Å². The van der Waals surface area contributed by atoms with Crippen LogP contribution in [0.4, 0.5) is 5.69 Å². The van der Waals surface area contributed by atoms with Crippen molar-refractivity contribution in [3.63, 3.8) is 0 Å². The number of aryl methyl sites for hydroxylation is 1. The summed E-state index contributed by atoms with van der Waals surface area (Å²) in [6, 6.07) is 28.7. The molecule has 2 atom stereocenters. The zero-order chi connectivity index (χ0) is 36.1. The van der Waals surface area contributed by atoms with Gasteiger partial charge in [-0.2, -0.15) is 0 Å². The van der Waals surface area contributed by atoms with E-state index in [1.165, 1.54) is 11.1 Å². The lowest BCUT2D eigenvalue weighted by Crippen LogP contribution is -2.29. The van der Waals surface area contributed by atoms with Gasteiger partial charge in [0.1, 0.15) is 0 Å². The number of rotatable bonds is 11. The normalized spacial score (nSPS) is 15.3. The summed E-state index contributed by atoms with van der Waals surface area (Å²) in [5.41, 5.74) is 8.69. The smallest absolute Gasteiger partial charge is 0.251 e. The minimum Gasteiger partial charge on any atom is -0.748 e. The lowest BCUT2D eigenvalue weighted by Gasteiger charge is -2.33. The highest BCUT2D eigenvalue weighted by atomic mass is 35.5. The summed E-state index contributed by atoms with van der Waals surface area (Å²) in [4.78, 5) is 26.5. The van der Waals surface area contributed by atoms with Gasteiger partial charge in [0.2, 0.25) is 5.91 Å². The van der Waals surface area contributed by atoms with E-state index in [9.17, 15) is 22.6 Å². The van der Waals surface area contributed by atoms with Gasteiger partial charge in [0.15, 0.2) is 0 Å². The maximum atomic E-state index is 14.0. The highest BCUT2D eigenvalue weighted by Crippen LogP contribution is 2.40. The number of quaternary nitrogens is 1. The molecule has 0 spiro atoms. The van der Waals surface area contributed by atoms with Gasteiger partial charge in [-0.25, -0.2) is 8.42 Å². The maximum absolute atomic E-state index is 14.0. The Bertz CT molecular complexity index is 1970. The van der Waals surface area contributed by atoms with E-state index in [1.807, 2.05) is 61.5 Å². The first kappa shape index (κ1) is 39.5. The lowest BCUT2D eigenvalue weighted by molar-refractivity contribution is -0.117. The van der Waals surface area contributed by atoms with Crippen molar-refractivity contribution in [2.45, 2.75) is 59.3 Å². The highest BCUT2D eigenvalue weighted by Gasteiger charge is 2.27. The molecular formula is C41H48ClN3O5S. The minimum absolute atomic E-state index is 0. The predicted molar refractivity (Wildman–Crippen MR) is 207 cm³/mol. The van der Waals surface area contributed by atoms with Crippen LogP contribution in [0.1, 0.15) is 78.6 Å². The van der Waals surface area contributed by atoms with Gasteiger partial charge in [0.25, 0.3) is 5.91 Å². The van der Waals surface area contributed by atoms with Crippen LogP contribution in [0.3, 0.4) is 0 Å². The number of anilines is 1. The van der Waals surface area contributed by atoms with E-state index in [1.54, 1.807) is 24.3 Å². The zero-order valence-electron chi connectivity index (χ0n) is 30.0. The molecule has 0 radical (unpaired) electrons. The fourth-order valence-corrected chi connectivity index (χ4v) is 7.09. The van der Waals surface area contributed by atoms with E-state index in [2.05, 4.69) is 49.6 Å². The summed E-state index contributed by atoms with van der Waals surface area (Å²) in [6.45, 7) is 8.66. The first-order valence-electron chi connectivity index (χ1n) is 16.9. The van der Waals surface area contributed by atoms with Gasteiger partial charge in [-0.05, 0) is 119 Å². The van der Waals surface area contributed by atoms with E-state index in [0.29, 0.717) is 28.6 Å². The van der Waals surface area contributed by atoms with Crippen LogP contribution in [0.15, 0.2) is 97.1 Å². The molecule has 10 heteroatoms. The molecule has 0 saturated carbocycles. The van der Waals surface area contributed by atoms with Gasteiger partial charge in [-0.3, -0.25) is 9.59 Å². The molecule has 0 aromatic heterocycles. The molecule has 0 saturated heterocycles. The Morgan fingerprint density at radius 3 is 2.14 bits per heavy atom. The third kappa shape index (κ3) is 10.9. The van der Waals surface area contributed by atoms with Crippen molar-refractivity contribution in [3.8, 4) is 11.1 Å². The minimum atomic E-state index is -4.42. The number of hydrogen-bond donors (Lipinski definition) is 3. The van der Waals surface area contributed by atoms with Gasteiger partial charge in [0, 0.05) is 22.8 Å². The highest BCUT2D eigenvalue weighted by molar-refractivity contribution is 7.85. The Hall–Kier alpha value is -4.28. The fraction of sp³-hybridized carbons (Fsp3) is 0.317. The molecule has 4 aromatic carbocycles. The van der Waals surface area contributed by atoms with Crippen LogP contribution in [0.2, 0.25) is 5.02 Å². The Balaban J connectivity index is 0.00000583. The van der Waals surface area contributed by atoms with Crippen molar-refractivity contribution in [3.05, 3.63) is 130 Å². The van der Waals surface area contributed by atoms with E-state index in [0.717, 1.165) is 47.1 Å². The van der Waals surface area contributed by atoms with Crippen LogP contribution in [-0.4, -0.2) is 37.1 Å². The number of nitrogens with one attached hydrogen (secondary N) is 2. The molecule has 0 heterocycles. The zero-order valence-corrected chi connectivity index (χ0v) is 31.5. The molecule has 0 aliphatic heterocycles. The molecular weight excluding hydrogens is 682 g/mol. The Morgan fingerprint density at radius 1 is 0.922 bits per heavy atom. The molecule has 5 rings (SSSR count). The third-order valence-corrected chi connectivity index (χ3v) is 10.5. The number of benzene rings is 4. The Morgan fingerprint density at radius 2 is 1.57 bits per heavy atom. The van der Waals surface area contributed by atoms with Crippen LogP contribution in [-0.2, 0) is 21.3 Å². The van der Waals surface area contributed by atoms with Gasteiger partial charge in [-0.15, -0.1) is 0 Å². The molecule has 2 amide bonds. The van der Waals surface area contributed by atoms with Gasteiger partial charge >= 0.3 is 0 Å². The first-order valence-corrected chi connectivity index (χ1v) is 18.9. The van der Waals surface area contributed by atoms with E-state index in [4.69, 9.17) is 11.6 Å². The third-order valence-electron chi connectivity index (χ3n) is 9.58. The molecule has 0 bridgehead atoms. The molecule has 1 aliphatic carbocycles. The second-order valence-electron chi connectivity index (χ2n) is 14.2. The summed E-state index contributed by atoms with van der Waals surface area (Å²) in [5.74, 6) is -1.17. The van der Waals surface area contributed by atoms with Crippen LogP contribution >= 0.6 is 11.6 Å². The number of carbonyl (C=O) groups is 2. The molecule has 8 nitrogen and oxygen atoms in total. The molecule has 270 valence electrons. The first-order chi connectivity index (χ1) is 23.7. The van der Waals surface area contributed by atoms with Crippen molar-refractivity contribution in [2.24, 2.45) is 11.3 Å². The maximum Gasteiger partial charge on any atom is 0.251 e. The predicted octanol–water partition coefficient (Wildman–Crippen LogP) is 9.16. The average molecular weight is 730 g/mol. The van der Waals surface area contributed by atoms with Crippen LogP contribution in [0.25, 0.3) is 16.7 Å². The van der Waals surface area contributed by atoms with Crippen molar-refractivity contribution in [1.82, 2.24) is 11.5 Å². The number of allylic oxidation sites excluding steroid dienone is 2. The van der Waals surface area contributed by atoms with Gasteiger partial charge in [0.05, 0.1) is 21.8 Å². The van der Waals surface area contributed by atoms with E-state index >= 15 is 0 Å². The molecule has 1 aliphatic rings. The van der Waals surface area contributed by atoms with E-state index in [-0.39, 0.29) is 24.0 Å². The Kier molecular flexibility index (Phi) is 13.0. The van der Waals surface area contributed by atoms with Crippen molar-refractivity contribution in [2.75, 3.05) is 17.6 Å². The molecule has 6 N–H and O–H groups in total. The largest absolute Gasteiger partial charge is 0.748 e. The number of amides is 2. The summed E-state index contributed by atoms with van der Waals surface area (Å²) < 4.78 is 32.6. The van der Waals surface area contributed by atoms with Crippen LogP contribution in [0, 0.1) is 18.3 Å². The van der Waals surface area contributed by atoms with Crippen molar-refractivity contribution < 1.29 is 22.6 Å². The molecule has 0 fully saturated rings. The molecule has 51 heavy (non-hydrogen) atoms. The SMILES string of the molecule is Cc1cc(Cl)ccc1-c1ccc(NC(=O)[C@@H](Cc2ccc(C(=O)NCCS(=O)(=O)[O-])cc2)c2ccc(C3=CC[C@@H](C(C)(C)C)CC3)cc2)cc1.[NH4+]. The van der Waals surface area contributed by atoms with E-state index < -0.39 is 27.7 Å². The monoisotopic (exact) mass is 729 g/mol. The second kappa shape index (κ2) is 16.8. The molecule has 0 unspecified atom stereocenters. The standard InChI is InChI=1S/C41H45ClN2O5S.H3N/c1-27-25-35(42)19-22-37(27)31-15-20-36(21-16-31)44-40(46)38(26-28-5-7-33(8-6-28)39(45)43-23-24-50(47,48)49)32-11-9-29(10-12-32)30-13-17-34(18-14-30)41(2,3)4;/h5-13,15-16,19-22,25,34,38H,14,17-18,23-24,26H2,1-4H3,(H,43,45)(H,44,46)(H,47,48,49);1H3/t34-,38+;/m1./s1. The lowest BCUT2D eigenvalue weighted by atomic mass is 9.72. The topological polar surface area (TPSA) is 152 Å². The van der Waals surface area contributed by atoms with Gasteiger partial charge in [-0.1, -0.05) is 93.0 Å². The summed E-state index contributed by atoms with van der Waals surface area (Å²) in [7, 11) is -4.42. The molecule has 4 aromatic rings. The number of halogens is 1. The van der Waals surface area contributed by atoms with Gasteiger partial charge < -0.3 is 21.3 Å². The summed E-state index contributed by atoms with van der Waals surface area (Å²) >= 11 is 6.15. The average Bonchev–Trinajstić information content (AvgIpc) is 3.07.